The lowest BCUT2D eigenvalue weighted by atomic mass is 10.0. The average molecular weight is 504 g/mol. The van der Waals surface area contributed by atoms with Gasteiger partial charge in [-0.05, 0) is 59.3 Å². The van der Waals surface area contributed by atoms with Crippen molar-refractivity contribution >= 4 is 16.7 Å². The first kappa shape index (κ1) is 27.4. The third-order valence-electron chi connectivity index (χ3n) is 6.28. The zero-order valence-corrected chi connectivity index (χ0v) is 21.8. The fourth-order valence-corrected chi connectivity index (χ4v) is 4.46. The monoisotopic (exact) mass is 503 g/mol. The van der Waals surface area contributed by atoms with E-state index in [1.165, 1.54) is 0 Å². The van der Waals surface area contributed by atoms with E-state index in [1.54, 1.807) is 28.4 Å². The van der Waals surface area contributed by atoms with Crippen LogP contribution in [0.15, 0.2) is 72.8 Å². The van der Waals surface area contributed by atoms with E-state index in [0.717, 1.165) is 39.0 Å². The molecule has 0 fully saturated rings. The number of carbonyl (C=O) groups excluding carboxylic acids is 1. The van der Waals surface area contributed by atoms with Gasteiger partial charge in [-0.2, -0.15) is 0 Å². The lowest BCUT2D eigenvalue weighted by molar-refractivity contribution is 0.0732. The van der Waals surface area contributed by atoms with Gasteiger partial charge >= 0.3 is 0 Å². The molecule has 0 aliphatic carbocycles. The molecule has 0 aromatic heterocycles. The van der Waals surface area contributed by atoms with E-state index >= 15 is 0 Å². The van der Waals surface area contributed by atoms with Gasteiger partial charge in [-0.25, -0.2) is 0 Å². The van der Waals surface area contributed by atoms with E-state index in [-0.39, 0.29) is 11.4 Å². The molecule has 37 heavy (non-hydrogen) atoms. The van der Waals surface area contributed by atoms with E-state index in [1.807, 2.05) is 78.6 Å². The summed E-state index contributed by atoms with van der Waals surface area (Å²) in [7, 11) is 6.50. The molecule has 0 spiro atoms. The molecule has 0 aliphatic rings. The zero-order chi connectivity index (χ0) is 25.7. The van der Waals surface area contributed by atoms with Crippen LogP contribution in [0.3, 0.4) is 0 Å². The van der Waals surface area contributed by atoms with Crippen molar-refractivity contribution in [2.45, 2.75) is 20.0 Å². The highest BCUT2D eigenvalue weighted by Crippen LogP contribution is 2.31. The van der Waals surface area contributed by atoms with Crippen LogP contribution in [0.25, 0.3) is 10.8 Å². The summed E-state index contributed by atoms with van der Waals surface area (Å²) in [5, 5.41) is 1.75. The molecule has 2 N–H and O–H groups in total. The third-order valence-corrected chi connectivity index (χ3v) is 6.28. The lowest BCUT2D eigenvalue weighted by Crippen LogP contribution is -2.30. The van der Waals surface area contributed by atoms with Gasteiger partial charge in [-0.3, -0.25) is 4.79 Å². The van der Waals surface area contributed by atoms with Gasteiger partial charge in [0.25, 0.3) is 5.91 Å². The maximum Gasteiger partial charge on any atom is 0.255 e. The molecule has 0 unspecified atom stereocenters. The summed E-state index contributed by atoms with van der Waals surface area (Å²) in [4.78, 5) is 15.9. The Morgan fingerprint density at radius 2 is 1.19 bits per heavy atom. The first-order valence-electron chi connectivity index (χ1n) is 11.7. The summed E-state index contributed by atoms with van der Waals surface area (Å²) in [6.45, 7) is 2.82. The number of methoxy groups -OCH3 is 4. The number of carbonyl (C=O) groups is 1. The lowest BCUT2D eigenvalue weighted by Gasteiger charge is -2.25. The summed E-state index contributed by atoms with van der Waals surface area (Å²) >= 11 is 0. The number of rotatable bonds is 9. The summed E-state index contributed by atoms with van der Waals surface area (Å²) in [5.74, 6) is 2.75. The molecule has 0 aliphatic heterocycles. The molecule has 1 amide bonds. The predicted molar refractivity (Wildman–Crippen MR) is 145 cm³/mol. The Kier molecular flexibility index (Phi) is 8.98. The molecule has 0 radical (unpaired) electrons. The molecule has 4 aromatic rings. The number of benzene rings is 4. The minimum absolute atomic E-state index is 0. The fourth-order valence-electron chi connectivity index (χ4n) is 4.46. The third kappa shape index (κ3) is 5.78. The highest BCUT2D eigenvalue weighted by atomic mass is 16.5. The quantitative estimate of drug-likeness (QED) is 0.313. The standard InChI is InChI=1S/C30H31NO5.H2O/c1-20-16-21(10-13-26(20)33-2)18-31(19-22-11-14-28(35-4)29(17-22)36-5)30(32)25-12-15-27(34-3)24-9-7-6-8-23(24)25;/h6-17H,18-19H2,1-5H3;1H2. The first-order chi connectivity index (χ1) is 17.5. The molecule has 0 heterocycles. The van der Waals surface area contributed by atoms with Crippen molar-refractivity contribution < 1.29 is 29.2 Å². The largest absolute Gasteiger partial charge is 0.496 e. The van der Waals surface area contributed by atoms with Crippen LogP contribution in [0.2, 0.25) is 0 Å². The zero-order valence-electron chi connectivity index (χ0n) is 21.8. The molecular formula is C30H33NO6. The first-order valence-corrected chi connectivity index (χ1v) is 11.7. The Morgan fingerprint density at radius 1 is 0.649 bits per heavy atom. The molecular weight excluding hydrogens is 470 g/mol. The summed E-state index contributed by atoms with van der Waals surface area (Å²) in [6, 6.07) is 23.2. The van der Waals surface area contributed by atoms with Crippen molar-refractivity contribution in [3.8, 4) is 23.0 Å². The maximum absolute atomic E-state index is 14.1. The van der Waals surface area contributed by atoms with E-state index in [2.05, 4.69) is 6.07 Å². The molecule has 0 saturated carbocycles. The van der Waals surface area contributed by atoms with Crippen LogP contribution >= 0.6 is 0 Å². The Labute approximate surface area is 217 Å². The second-order valence-electron chi connectivity index (χ2n) is 8.52. The van der Waals surface area contributed by atoms with Gasteiger partial charge in [-0.15, -0.1) is 0 Å². The number of ether oxygens (including phenoxy) is 4. The van der Waals surface area contributed by atoms with Gasteiger partial charge in [0.2, 0.25) is 0 Å². The highest BCUT2D eigenvalue weighted by Gasteiger charge is 2.21. The van der Waals surface area contributed by atoms with Crippen LogP contribution in [0.1, 0.15) is 27.0 Å². The Balaban J connectivity index is 0.00000380. The number of nitrogens with zero attached hydrogens (tertiary/aromatic N) is 1. The van der Waals surface area contributed by atoms with Crippen LogP contribution in [0, 0.1) is 6.92 Å². The van der Waals surface area contributed by atoms with Crippen molar-refractivity contribution in [3.05, 3.63) is 95.1 Å². The molecule has 4 aromatic carbocycles. The molecule has 194 valence electrons. The number of aryl methyl sites for hydroxylation is 1. The fraction of sp³-hybridized carbons (Fsp3) is 0.233. The second kappa shape index (κ2) is 12.1. The van der Waals surface area contributed by atoms with Crippen molar-refractivity contribution in [2.75, 3.05) is 28.4 Å². The minimum Gasteiger partial charge on any atom is -0.496 e. The van der Waals surface area contributed by atoms with E-state index in [9.17, 15) is 4.79 Å². The number of hydrogen-bond donors (Lipinski definition) is 0. The van der Waals surface area contributed by atoms with Crippen molar-refractivity contribution in [1.29, 1.82) is 0 Å². The number of hydrogen-bond acceptors (Lipinski definition) is 5. The van der Waals surface area contributed by atoms with E-state index in [0.29, 0.717) is 30.2 Å². The molecule has 0 saturated heterocycles. The average Bonchev–Trinajstić information content (AvgIpc) is 2.91. The number of amides is 1. The van der Waals surface area contributed by atoms with Gasteiger partial charge in [0.05, 0.1) is 28.4 Å². The van der Waals surface area contributed by atoms with Gasteiger partial charge in [0.1, 0.15) is 11.5 Å². The van der Waals surface area contributed by atoms with Crippen LogP contribution in [0.5, 0.6) is 23.0 Å². The highest BCUT2D eigenvalue weighted by molar-refractivity contribution is 6.08. The molecule has 7 nitrogen and oxygen atoms in total. The van der Waals surface area contributed by atoms with Gasteiger partial charge in [0.15, 0.2) is 11.5 Å². The van der Waals surface area contributed by atoms with E-state index in [4.69, 9.17) is 18.9 Å². The Morgan fingerprint density at radius 3 is 1.78 bits per heavy atom. The topological polar surface area (TPSA) is 88.7 Å². The Hall–Kier alpha value is -4.23. The van der Waals surface area contributed by atoms with Crippen LogP contribution in [-0.2, 0) is 13.1 Å². The summed E-state index contributed by atoms with van der Waals surface area (Å²) in [6.07, 6.45) is 0. The molecule has 0 bridgehead atoms. The summed E-state index contributed by atoms with van der Waals surface area (Å²) in [5.41, 5.74) is 3.59. The van der Waals surface area contributed by atoms with Gasteiger partial charge < -0.3 is 29.3 Å². The Bertz CT molecular complexity index is 1380. The summed E-state index contributed by atoms with van der Waals surface area (Å²) < 4.78 is 21.8. The van der Waals surface area contributed by atoms with Crippen molar-refractivity contribution in [1.82, 2.24) is 4.90 Å². The normalized spacial score (nSPS) is 10.4. The van der Waals surface area contributed by atoms with Crippen molar-refractivity contribution in [2.24, 2.45) is 0 Å². The van der Waals surface area contributed by atoms with Gasteiger partial charge in [-0.1, -0.05) is 42.5 Å². The minimum atomic E-state index is -0.0721. The molecule has 0 atom stereocenters. The SMILES string of the molecule is COc1ccc(CN(Cc2ccc(OC)c(OC)c2)C(=O)c2ccc(OC)c3ccccc23)cc1C.O. The molecule has 7 heteroatoms. The molecule has 4 rings (SSSR count). The van der Waals surface area contributed by atoms with Crippen LogP contribution in [-0.4, -0.2) is 44.7 Å². The second-order valence-corrected chi connectivity index (χ2v) is 8.52. The van der Waals surface area contributed by atoms with Gasteiger partial charge in [0, 0.05) is 24.0 Å². The predicted octanol–water partition coefficient (Wildman–Crippen LogP) is 5.20. The van der Waals surface area contributed by atoms with Crippen molar-refractivity contribution in [3.63, 3.8) is 0 Å². The van der Waals surface area contributed by atoms with Crippen LogP contribution < -0.4 is 18.9 Å². The van der Waals surface area contributed by atoms with E-state index < -0.39 is 0 Å². The smallest absolute Gasteiger partial charge is 0.255 e. The number of fused-ring (bicyclic) bond motifs is 1. The maximum atomic E-state index is 14.1. The van der Waals surface area contributed by atoms with Crippen LogP contribution in [0.4, 0.5) is 0 Å².